The predicted molar refractivity (Wildman–Crippen MR) is 58.7 cm³/mol. The summed E-state index contributed by atoms with van der Waals surface area (Å²) in [5, 5.41) is 20.3. The number of carbonyl (C=O) groups excluding carboxylic acids is 1. The van der Waals surface area contributed by atoms with Crippen LogP contribution in [-0.2, 0) is 9.53 Å². The number of amidine groups is 1. The zero-order chi connectivity index (χ0) is 12.3. The van der Waals surface area contributed by atoms with Crippen molar-refractivity contribution in [3.8, 4) is 0 Å². The standard InChI is InChI=1S/C9H13N5O3/c10-7(14-16)5-4-11-13-8(5)12-9(15)6-2-1-3-17-6/h4,6,16H,1-3H2,(H2,10,14)(H2,11,12,13,15). The number of H-pyrrole nitrogens is 1. The molecule has 1 aliphatic heterocycles. The number of rotatable bonds is 3. The van der Waals surface area contributed by atoms with Crippen LogP contribution < -0.4 is 11.1 Å². The number of anilines is 1. The Balaban J connectivity index is 2.08. The van der Waals surface area contributed by atoms with E-state index < -0.39 is 6.10 Å². The van der Waals surface area contributed by atoms with Crippen molar-refractivity contribution in [2.24, 2.45) is 10.9 Å². The minimum Gasteiger partial charge on any atom is -0.409 e. The molecule has 92 valence electrons. The van der Waals surface area contributed by atoms with E-state index in [1.54, 1.807) is 0 Å². The number of aromatic amines is 1. The highest BCUT2D eigenvalue weighted by Gasteiger charge is 2.25. The molecule has 2 rings (SSSR count). The van der Waals surface area contributed by atoms with E-state index in [9.17, 15) is 4.79 Å². The van der Waals surface area contributed by atoms with E-state index in [0.29, 0.717) is 24.4 Å². The molecular formula is C9H13N5O3. The number of aromatic nitrogens is 2. The number of amides is 1. The van der Waals surface area contributed by atoms with Gasteiger partial charge in [-0.3, -0.25) is 9.89 Å². The number of nitrogens with two attached hydrogens (primary N) is 1. The lowest BCUT2D eigenvalue weighted by Crippen LogP contribution is -2.28. The summed E-state index contributed by atoms with van der Waals surface area (Å²) in [5.74, 6) is -0.0964. The fraction of sp³-hybridized carbons (Fsp3) is 0.444. The van der Waals surface area contributed by atoms with Gasteiger partial charge in [0.15, 0.2) is 5.84 Å². The molecule has 1 aromatic rings. The lowest BCUT2D eigenvalue weighted by molar-refractivity contribution is -0.124. The van der Waals surface area contributed by atoms with Crippen molar-refractivity contribution in [1.82, 2.24) is 10.2 Å². The lowest BCUT2D eigenvalue weighted by Gasteiger charge is -2.09. The molecule has 8 nitrogen and oxygen atoms in total. The van der Waals surface area contributed by atoms with Crippen LogP contribution in [0.5, 0.6) is 0 Å². The minimum absolute atomic E-state index is 0.124. The third-order valence-corrected chi connectivity index (χ3v) is 2.49. The van der Waals surface area contributed by atoms with Gasteiger partial charge >= 0.3 is 0 Å². The average molecular weight is 239 g/mol. The first-order chi connectivity index (χ1) is 8.22. The van der Waals surface area contributed by atoms with Crippen LogP contribution in [-0.4, -0.2) is 39.9 Å². The number of hydrogen-bond acceptors (Lipinski definition) is 5. The molecule has 0 aliphatic carbocycles. The molecule has 0 aromatic carbocycles. The van der Waals surface area contributed by atoms with Gasteiger partial charge in [-0.25, -0.2) is 0 Å². The van der Waals surface area contributed by atoms with Gasteiger partial charge in [0.25, 0.3) is 5.91 Å². The van der Waals surface area contributed by atoms with Crippen molar-refractivity contribution in [2.75, 3.05) is 11.9 Å². The second-order valence-electron chi connectivity index (χ2n) is 3.63. The number of hydrogen-bond donors (Lipinski definition) is 4. The summed E-state index contributed by atoms with van der Waals surface area (Å²) in [6, 6.07) is 0. The molecule has 8 heteroatoms. The normalized spacial score (nSPS) is 20.5. The van der Waals surface area contributed by atoms with Gasteiger partial charge in [-0.05, 0) is 12.8 Å². The van der Waals surface area contributed by atoms with Crippen molar-refractivity contribution in [3.05, 3.63) is 11.8 Å². The Morgan fingerprint density at radius 3 is 3.24 bits per heavy atom. The third-order valence-electron chi connectivity index (χ3n) is 2.49. The number of oxime groups is 1. The highest BCUT2D eigenvalue weighted by Crippen LogP contribution is 2.16. The molecule has 1 saturated heterocycles. The van der Waals surface area contributed by atoms with E-state index >= 15 is 0 Å². The molecule has 0 bridgehead atoms. The molecule has 1 atom stereocenters. The van der Waals surface area contributed by atoms with Crippen molar-refractivity contribution in [3.63, 3.8) is 0 Å². The number of carbonyl (C=O) groups is 1. The Bertz CT molecular complexity index is 436. The third kappa shape index (κ3) is 2.36. The number of nitrogens with zero attached hydrogens (tertiary/aromatic N) is 2. The Kier molecular flexibility index (Phi) is 3.24. The van der Waals surface area contributed by atoms with Crippen LogP contribution in [0.4, 0.5) is 5.82 Å². The summed E-state index contributed by atoms with van der Waals surface area (Å²) in [7, 11) is 0. The van der Waals surface area contributed by atoms with Gasteiger partial charge < -0.3 is 21.0 Å². The fourth-order valence-electron chi connectivity index (χ4n) is 1.62. The zero-order valence-electron chi connectivity index (χ0n) is 9.01. The lowest BCUT2D eigenvalue weighted by atomic mass is 10.2. The summed E-state index contributed by atoms with van der Waals surface area (Å²) in [6.07, 6.45) is 2.48. The van der Waals surface area contributed by atoms with Gasteiger partial charge in [0, 0.05) is 6.61 Å². The Labute approximate surface area is 96.8 Å². The smallest absolute Gasteiger partial charge is 0.254 e. The monoisotopic (exact) mass is 239 g/mol. The first-order valence-electron chi connectivity index (χ1n) is 5.16. The Morgan fingerprint density at radius 1 is 1.76 bits per heavy atom. The van der Waals surface area contributed by atoms with Crippen LogP contribution in [0, 0.1) is 0 Å². The Hall–Kier alpha value is -2.09. The maximum Gasteiger partial charge on any atom is 0.254 e. The second kappa shape index (κ2) is 4.83. The summed E-state index contributed by atoms with van der Waals surface area (Å²) < 4.78 is 5.23. The van der Waals surface area contributed by atoms with E-state index in [2.05, 4.69) is 20.7 Å². The van der Waals surface area contributed by atoms with Crippen LogP contribution in [0.25, 0.3) is 0 Å². The summed E-state index contributed by atoms with van der Waals surface area (Å²) in [6.45, 7) is 0.591. The van der Waals surface area contributed by atoms with Crippen LogP contribution >= 0.6 is 0 Å². The van der Waals surface area contributed by atoms with Gasteiger partial charge in [0.2, 0.25) is 0 Å². The molecule has 5 N–H and O–H groups in total. The fourth-order valence-corrected chi connectivity index (χ4v) is 1.62. The zero-order valence-corrected chi connectivity index (χ0v) is 9.01. The topological polar surface area (TPSA) is 126 Å². The van der Waals surface area contributed by atoms with Gasteiger partial charge in [-0.1, -0.05) is 5.16 Å². The quantitative estimate of drug-likeness (QED) is 0.247. The number of nitrogens with one attached hydrogen (secondary N) is 2. The first-order valence-corrected chi connectivity index (χ1v) is 5.16. The molecular weight excluding hydrogens is 226 g/mol. The SMILES string of the molecule is NC(=NO)c1cn[nH]c1NC(=O)C1CCCO1. The second-order valence-corrected chi connectivity index (χ2v) is 3.63. The van der Waals surface area contributed by atoms with E-state index in [1.807, 2.05) is 0 Å². The molecule has 0 radical (unpaired) electrons. The van der Waals surface area contributed by atoms with Crippen molar-refractivity contribution < 1.29 is 14.7 Å². The highest BCUT2D eigenvalue weighted by molar-refractivity contribution is 6.05. The van der Waals surface area contributed by atoms with Crippen LogP contribution in [0.1, 0.15) is 18.4 Å². The average Bonchev–Trinajstić information content (AvgIpc) is 2.98. The molecule has 1 amide bonds. The van der Waals surface area contributed by atoms with E-state index in [-0.39, 0.29) is 11.7 Å². The summed E-state index contributed by atoms with van der Waals surface area (Å²) in [4.78, 5) is 11.7. The van der Waals surface area contributed by atoms with Crippen LogP contribution in [0.15, 0.2) is 11.4 Å². The van der Waals surface area contributed by atoms with Crippen LogP contribution in [0.2, 0.25) is 0 Å². The van der Waals surface area contributed by atoms with E-state index in [0.717, 1.165) is 6.42 Å². The molecule has 0 saturated carbocycles. The summed E-state index contributed by atoms with van der Waals surface area (Å²) in [5.41, 5.74) is 5.76. The van der Waals surface area contributed by atoms with Gasteiger partial charge in [0.1, 0.15) is 11.9 Å². The molecule has 1 aliphatic rings. The molecule has 1 unspecified atom stereocenters. The molecule has 1 aromatic heterocycles. The van der Waals surface area contributed by atoms with Gasteiger partial charge in [-0.15, -0.1) is 0 Å². The highest BCUT2D eigenvalue weighted by atomic mass is 16.5. The van der Waals surface area contributed by atoms with E-state index in [4.69, 9.17) is 15.7 Å². The van der Waals surface area contributed by atoms with E-state index in [1.165, 1.54) is 6.20 Å². The van der Waals surface area contributed by atoms with Crippen molar-refractivity contribution >= 4 is 17.6 Å². The van der Waals surface area contributed by atoms with Crippen LogP contribution in [0.3, 0.4) is 0 Å². The molecule has 2 heterocycles. The Morgan fingerprint density at radius 2 is 2.59 bits per heavy atom. The number of ether oxygens (including phenoxy) is 1. The minimum atomic E-state index is -0.446. The predicted octanol–water partition coefficient (Wildman–Crippen LogP) is -0.378. The molecule has 17 heavy (non-hydrogen) atoms. The first kappa shape index (κ1) is 11.4. The van der Waals surface area contributed by atoms with Crippen molar-refractivity contribution in [2.45, 2.75) is 18.9 Å². The van der Waals surface area contributed by atoms with Gasteiger partial charge in [-0.2, -0.15) is 5.10 Å². The molecule has 0 spiro atoms. The maximum atomic E-state index is 11.7. The van der Waals surface area contributed by atoms with Gasteiger partial charge in [0.05, 0.1) is 11.8 Å². The molecule has 1 fully saturated rings. The largest absolute Gasteiger partial charge is 0.409 e. The van der Waals surface area contributed by atoms with Crippen molar-refractivity contribution in [1.29, 1.82) is 0 Å². The maximum absolute atomic E-state index is 11.7. The summed E-state index contributed by atoms with van der Waals surface area (Å²) >= 11 is 0.